The molecule has 0 saturated heterocycles. The number of carbonyl (C=O) groups excluding carboxylic acids is 4. The molecule has 1 N–H and O–H groups in total. The van der Waals surface area contributed by atoms with Gasteiger partial charge in [-0.3, -0.25) is 19.2 Å². The number of para-hydroxylation sites is 1. The van der Waals surface area contributed by atoms with Crippen LogP contribution in [0, 0.1) is 5.92 Å². The van der Waals surface area contributed by atoms with Crippen molar-refractivity contribution in [3.05, 3.63) is 67.0 Å². The number of fused-ring (bicyclic) bond motifs is 3. The highest BCUT2D eigenvalue weighted by Gasteiger charge is 2.17. The van der Waals surface area contributed by atoms with Gasteiger partial charge in [0, 0.05) is 37.6 Å². The summed E-state index contributed by atoms with van der Waals surface area (Å²) in [6, 6.07) is 8.12. The Morgan fingerprint density at radius 2 is 0.822 bits per heavy atom. The van der Waals surface area contributed by atoms with Gasteiger partial charge in [0.1, 0.15) is 25.3 Å². The lowest BCUT2D eigenvalue weighted by atomic mass is 10.1. The Balaban J connectivity index is 1.50. The van der Waals surface area contributed by atoms with Gasteiger partial charge in [0.05, 0.1) is 17.4 Å². The summed E-state index contributed by atoms with van der Waals surface area (Å²) in [6.07, 6.45) is 58.4. The molecule has 1 aromatic carbocycles. The number of hydrogen-bond acceptors (Lipinski definition) is 11. The third kappa shape index (κ3) is 41.6. The zero-order chi connectivity index (χ0) is 64.6. The summed E-state index contributed by atoms with van der Waals surface area (Å²) in [7, 11) is 0. The molecular weight excluding hydrogens is 1120 g/mol. The molecule has 3 rings (SSSR count). The first-order valence-electron chi connectivity index (χ1n) is 37.0. The van der Waals surface area contributed by atoms with Crippen LogP contribution in [0.4, 0.5) is 5.82 Å². The van der Waals surface area contributed by atoms with E-state index >= 15 is 0 Å². The van der Waals surface area contributed by atoms with Crippen LogP contribution in [0.3, 0.4) is 0 Å². The highest BCUT2D eigenvalue weighted by molar-refractivity contribution is 6.09. The third-order valence-electron chi connectivity index (χ3n) is 17.1. The minimum Gasteiger partial charge on any atom is -0.461 e. The van der Waals surface area contributed by atoms with Gasteiger partial charge in [-0.2, -0.15) is 0 Å². The Bertz CT molecular complexity index is 2310. The molecule has 2 aromatic heterocycles. The zero-order valence-corrected chi connectivity index (χ0v) is 58.1. The fraction of sp³-hybridized carbons (Fsp3) is 0.740. The molecular formula is C77H130N6O7. The first-order valence-corrected chi connectivity index (χ1v) is 37.0. The normalized spacial score (nSPS) is 12.0. The van der Waals surface area contributed by atoms with Gasteiger partial charge < -0.3 is 33.9 Å². The molecule has 0 unspecified atom stereocenters. The van der Waals surface area contributed by atoms with Gasteiger partial charge in [-0.15, -0.1) is 0 Å². The van der Waals surface area contributed by atoms with E-state index in [4.69, 9.17) is 24.2 Å². The van der Waals surface area contributed by atoms with Crippen LogP contribution in [0.2, 0.25) is 0 Å². The van der Waals surface area contributed by atoms with Crippen LogP contribution < -0.4 is 5.32 Å². The first kappa shape index (κ1) is 79.4. The van der Waals surface area contributed by atoms with Crippen molar-refractivity contribution in [3.8, 4) is 0 Å². The topological polar surface area (TPSA) is 145 Å². The molecule has 90 heavy (non-hydrogen) atoms. The minimum atomic E-state index is -0.0851. The van der Waals surface area contributed by atoms with Crippen LogP contribution in [0.5, 0.6) is 0 Å². The lowest BCUT2D eigenvalue weighted by molar-refractivity contribution is -0.143. The summed E-state index contributed by atoms with van der Waals surface area (Å²) in [5.41, 5.74) is 2.62. The number of ether oxygens (including phenoxy) is 3. The quantitative estimate of drug-likeness (QED) is 0.0249. The van der Waals surface area contributed by atoms with Crippen molar-refractivity contribution in [3.63, 3.8) is 0 Å². The van der Waals surface area contributed by atoms with Crippen molar-refractivity contribution in [2.75, 3.05) is 64.4 Å². The number of carbonyl (C=O) groups is 4. The van der Waals surface area contributed by atoms with Crippen LogP contribution in [-0.4, -0.2) is 107 Å². The second kappa shape index (κ2) is 55.7. The lowest BCUT2D eigenvalue weighted by Gasteiger charge is -2.26. The summed E-state index contributed by atoms with van der Waals surface area (Å²) >= 11 is 0. The predicted molar refractivity (Wildman–Crippen MR) is 378 cm³/mol. The van der Waals surface area contributed by atoms with E-state index in [1.165, 1.54) is 128 Å². The molecule has 3 aromatic rings. The lowest BCUT2D eigenvalue weighted by Crippen LogP contribution is -2.32. The number of pyridine rings is 1. The van der Waals surface area contributed by atoms with Crippen LogP contribution in [0.25, 0.3) is 21.9 Å². The van der Waals surface area contributed by atoms with E-state index in [9.17, 15) is 19.2 Å². The fourth-order valence-electron chi connectivity index (χ4n) is 11.8. The Hall–Kier alpha value is -4.88. The van der Waals surface area contributed by atoms with E-state index in [-0.39, 0.29) is 23.8 Å². The van der Waals surface area contributed by atoms with Crippen molar-refractivity contribution in [2.24, 2.45) is 5.92 Å². The number of imidazole rings is 1. The highest BCUT2D eigenvalue weighted by atomic mass is 16.5. The Kier molecular flexibility index (Phi) is 49.1. The molecule has 13 heteroatoms. The molecule has 0 aliphatic heterocycles. The molecule has 13 nitrogen and oxygen atoms in total. The SMILES string of the molecule is CCCCCC/C=C/COC(=O)CCCCCCCCN(CCCCCCCCC(=O)OC/C=C/CCCCCC)CCCN(CCCCCCCCC(=O)OC/C=C/CCCCCC)CCCCCC(=O)Nc1nc2ccccc2c2c1ncn2CC(C)C. The monoisotopic (exact) mass is 1250 g/mol. The van der Waals surface area contributed by atoms with Crippen molar-refractivity contribution < 1.29 is 33.4 Å². The fourth-order valence-corrected chi connectivity index (χ4v) is 11.8. The van der Waals surface area contributed by atoms with Crippen LogP contribution >= 0.6 is 0 Å². The van der Waals surface area contributed by atoms with Gasteiger partial charge >= 0.3 is 17.9 Å². The minimum absolute atomic E-state index is 0.0135. The van der Waals surface area contributed by atoms with E-state index in [2.05, 4.69) is 78.6 Å². The maximum Gasteiger partial charge on any atom is 0.306 e. The summed E-state index contributed by atoms with van der Waals surface area (Å²) in [4.78, 5) is 65.6. The van der Waals surface area contributed by atoms with E-state index < -0.39 is 0 Å². The standard InChI is InChI=1S/C77H130N6O7/c1-6-9-12-15-24-33-47-63-88-72(85)54-38-27-18-21-30-43-57-81(58-44-31-22-19-28-39-55-73(86)89-64-48-34-25-16-13-10-7-2)61-50-62-82(59-45-32-23-20-29-40-56-74(87)90-65-49-35-26-17-14-11-8-3)60-46-36-37-53-71(84)80-77-75-76(83(67-78-75)66-68(4)5)69-51-41-42-52-70(69)79-77/h33-35,41-42,47-49,51-52,67-68H,6-32,36-40,43-46,50,53-66H2,1-5H3,(H,79,80,84)/b47-33+,48-34+,49-35+. The molecule has 510 valence electrons. The second-order valence-electron chi connectivity index (χ2n) is 26.0. The number of anilines is 1. The van der Waals surface area contributed by atoms with Gasteiger partial charge in [-0.25, -0.2) is 9.97 Å². The van der Waals surface area contributed by atoms with Crippen molar-refractivity contribution in [1.82, 2.24) is 24.3 Å². The van der Waals surface area contributed by atoms with Crippen molar-refractivity contribution in [1.29, 1.82) is 0 Å². The number of benzene rings is 1. The largest absolute Gasteiger partial charge is 0.461 e. The highest BCUT2D eigenvalue weighted by Crippen LogP contribution is 2.29. The van der Waals surface area contributed by atoms with Crippen molar-refractivity contribution >= 4 is 51.6 Å². The van der Waals surface area contributed by atoms with Crippen LogP contribution in [-0.2, 0) is 39.9 Å². The molecule has 0 spiro atoms. The molecule has 0 radical (unpaired) electrons. The number of unbranched alkanes of at least 4 members (excludes halogenated alkanes) is 29. The smallest absolute Gasteiger partial charge is 0.306 e. The van der Waals surface area contributed by atoms with E-state index in [0.29, 0.717) is 57.2 Å². The Morgan fingerprint density at radius 1 is 0.456 bits per heavy atom. The number of aromatic nitrogens is 3. The number of nitrogens with one attached hydrogen (secondary N) is 1. The van der Waals surface area contributed by atoms with Gasteiger partial charge in [0.25, 0.3) is 0 Å². The summed E-state index contributed by atoms with van der Waals surface area (Å²) in [6.45, 7) is 19.6. The number of hydrogen-bond donors (Lipinski definition) is 1. The molecule has 1 amide bonds. The number of nitrogens with zero attached hydrogens (tertiary/aromatic N) is 5. The third-order valence-corrected chi connectivity index (χ3v) is 17.1. The first-order chi connectivity index (χ1) is 44.1. The van der Waals surface area contributed by atoms with Crippen molar-refractivity contribution in [2.45, 2.75) is 304 Å². The van der Waals surface area contributed by atoms with Gasteiger partial charge in [0.15, 0.2) is 5.82 Å². The Morgan fingerprint density at radius 3 is 1.24 bits per heavy atom. The van der Waals surface area contributed by atoms with Crippen LogP contribution in [0.15, 0.2) is 67.0 Å². The summed E-state index contributed by atoms with van der Waals surface area (Å²) in [5, 5.41) is 4.20. The molecule has 2 heterocycles. The molecule has 0 bridgehead atoms. The van der Waals surface area contributed by atoms with Gasteiger partial charge in [0.2, 0.25) is 5.91 Å². The predicted octanol–water partition coefficient (Wildman–Crippen LogP) is 20.1. The van der Waals surface area contributed by atoms with E-state index in [1.54, 1.807) is 0 Å². The summed E-state index contributed by atoms with van der Waals surface area (Å²) in [5.74, 6) is 0.738. The number of esters is 3. The average molecular weight is 1250 g/mol. The second-order valence-corrected chi connectivity index (χ2v) is 26.0. The van der Waals surface area contributed by atoms with Crippen LogP contribution in [0.1, 0.15) is 298 Å². The average Bonchev–Trinajstić information content (AvgIpc) is 1.56. The molecule has 0 fully saturated rings. The van der Waals surface area contributed by atoms with E-state index in [1.807, 2.05) is 42.8 Å². The molecule has 0 saturated carbocycles. The van der Waals surface area contributed by atoms with E-state index in [0.717, 1.165) is 177 Å². The maximum atomic E-state index is 13.5. The van der Waals surface area contributed by atoms with Gasteiger partial charge in [-0.05, 0) is 148 Å². The maximum absolute atomic E-state index is 13.5. The molecule has 0 aliphatic rings. The van der Waals surface area contributed by atoms with Gasteiger partial charge in [-0.1, -0.05) is 231 Å². The molecule has 0 atom stereocenters. The Labute approximate surface area is 548 Å². The molecule has 0 aliphatic carbocycles. The number of allylic oxidation sites excluding steroid dienone is 3. The summed E-state index contributed by atoms with van der Waals surface area (Å²) < 4.78 is 18.6. The zero-order valence-electron chi connectivity index (χ0n) is 58.1. The number of rotatable bonds is 61. The number of amides is 1.